The summed E-state index contributed by atoms with van der Waals surface area (Å²) in [5.41, 5.74) is 0.430. The Kier molecular flexibility index (Phi) is 5.26. The van der Waals surface area contributed by atoms with Crippen LogP contribution in [0.15, 0.2) is 72.9 Å². The summed E-state index contributed by atoms with van der Waals surface area (Å²) in [6.45, 7) is 2.43. The normalized spacial score (nSPS) is 10.1. The van der Waals surface area contributed by atoms with Crippen molar-refractivity contribution in [3.8, 4) is 23.1 Å². The van der Waals surface area contributed by atoms with Crippen molar-refractivity contribution in [3.05, 3.63) is 78.5 Å². The van der Waals surface area contributed by atoms with Gasteiger partial charge in [-0.1, -0.05) is 12.1 Å². The van der Waals surface area contributed by atoms with Crippen LogP contribution >= 0.6 is 0 Å². The van der Waals surface area contributed by atoms with Gasteiger partial charge >= 0.3 is 5.97 Å². The van der Waals surface area contributed by atoms with E-state index in [1.807, 2.05) is 19.1 Å². The summed E-state index contributed by atoms with van der Waals surface area (Å²) in [6.07, 6.45) is 1.65. The maximum absolute atomic E-state index is 12.2. The van der Waals surface area contributed by atoms with E-state index in [2.05, 4.69) is 4.98 Å². The average Bonchev–Trinajstić information content (AvgIpc) is 2.65. The van der Waals surface area contributed by atoms with Gasteiger partial charge in [0.1, 0.15) is 17.2 Å². The maximum Gasteiger partial charge on any atom is 0.343 e. The number of carbonyl (C=O) groups is 1. The van der Waals surface area contributed by atoms with E-state index in [4.69, 9.17) is 14.2 Å². The fourth-order valence-corrected chi connectivity index (χ4v) is 2.15. The Balaban J connectivity index is 1.65. The highest BCUT2D eigenvalue weighted by atomic mass is 16.5. The van der Waals surface area contributed by atoms with Crippen molar-refractivity contribution in [3.63, 3.8) is 0 Å². The van der Waals surface area contributed by atoms with E-state index in [-0.39, 0.29) is 0 Å². The Hall–Kier alpha value is -3.34. The van der Waals surface area contributed by atoms with Crippen LogP contribution in [0.25, 0.3) is 0 Å². The molecule has 1 aromatic heterocycles. The van der Waals surface area contributed by atoms with Crippen LogP contribution in [0.2, 0.25) is 0 Å². The van der Waals surface area contributed by atoms with E-state index >= 15 is 0 Å². The second-order valence-electron chi connectivity index (χ2n) is 5.09. The zero-order chi connectivity index (χ0) is 17.5. The minimum atomic E-state index is -0.444. The van der Waals surface area contributed by atoms with Crippen LogP contribution in [0.4, 0.5) is 0 Å². The van der Waals surface area contributed by atoms with E-state index in [1.165, 1.54) is 0 Å². The van der Waals surface area contributed by atoms with Crippen LogP contribution in [0.5, 0.6) is 23.1 Å². The minimum Gasteiger partial charge on any atom is -0.494 e. The van der Waals surface area contributed by atoms with Crippen molar-refractivity contribution >= 4 is 5.97 Å². The monoisotopic (exact) mass is 335 g/mol. The van der Waals surface area contributed by atoms with Gasteiger partial charge in [-0.15, -0.1) is 0 Å². The number of esters is 1. The second-order valence-corrected chi connectivity index (χ2v) is 5.09. The number of carbonyl (C=O) groups excluding carboxylic acids is 1. The lowest BCUT2D eigenvalue weighted by Crippen LogP contribution is -2.08. The molecule has 0 N–H and O–H groups in total. The highest BCUT2D eigenvalue weighted by Gasteiger charge is 2.10. The molecule has 0 spiro atoms. The molecule has 2 aromatic carbocycles. The van der Waals surface area contributed by atoms with Gasteiger partial charge in [0.05, 0.1) is 12.2 Å². The number of nitrogens with zero attached hydrogens (tertiary/aromatic N) is 1. The summed E-state index contributed by atoms with van der Waals surface area (Å²) in [7, 11) is 0. The molecule has 5 nitrogen and oxygen atoms in total. The third-order valence-corrected chi connectivity index (χ3v) is 3.28. The van der Waals surface area contributed by atoms with Crippen molar-refractivity contribution in [1.82, 2.24) is 4.98 Å². The number of pyridine rings is 1. The summed E-state index contributed by atoms with van der Waals surface area (Å²) in [5.74, 6) is 1.73. The van der Waals surface area contributed by atoms with Crippen LogP contribution in [-0.4, -0.2) is 17.6 Å². The van der Waals surface area contributed by atoms with Crippen molar-refractivity contribution in [2.45, 2.75) is 6.92 Å². The largest absolute Gasteiger partial charge is 0.494 e. The van der Waals surface area contributed by atoms with Crippen molar-refractivity contribution in [2.75, 3.05) is 6.61 Å². The molecule has 0 aliphatic carbocycles. The summed E-state index contributed by atoms with van der Waals surface area (Å²) < 4.78 is 16.4. The number of benzene rings is 2. The highest BCUT2D eigenvalue weighted by Crippen LogP contribution is 2.23. The molecular weight excluding hydrogens is 318 g/mol. The molecule has 25 heavy (non-hydrogen) atoms. The molecule has 0 saturated carbocycles. The Morgan fingerprint density at radius 2 is 1.72 bits per heavy atom. The molecule has 0 unspecified atom stereocenters. The van der Waals surface area contributed by atoms with Crippen LogP contribution in [0.1, 0.15) is 17.3 Å². The number of aromatic nitrogens is 1. The number of ether oxygens (including phenoxy) is 3. The molecular formula is C20H17NO4. The summed E-state index contributed by atoms with van der Waals surface area (Å²) >= 11 is 0. The molecule has 0 aliphatic heterocycles. The number of rotatable bonds is 6. The predicted molar refractivity (Wildman–Crippen MR) is 93.3 cm³/mol. The molecule has 0 aliphatic rings. The van der Waals surface area contributed by atoms with Gasteiger partial charge in [-0.05, 0) is 55.5 Å². The minimum absolute atomic E-state index is 0.430. The summed E-state index contributed by atoms with van der Waals surface area (Å²) in [5, 5.41) is 0. The Labute approximate surface area is 145 Å². The number of hydrogen-bond donors (Lipinski definition) is 0. The topological polar surface area (TPSA) is 57.7 Å². The standard InChI is InChI=1S/C20H17NO4/c1-2-23-18-7-5-6-15(14-18)20(22)25-17-11-9-16(10-12-17)24-19-8-3-4-13-21-19/h3-14H,2H2,1H3. The third-order valence-electron chi connectivity index (χ3n) is 3.28. The first kappa shape index (κ1) is 16.5. The van der Waals surface area contributed by atoms with E-state index in [9.17, 15) is 4.79 Å². The van der Waals surface area contributed by atoms with E-state index in [1.54, 1.807) is 60.8 Å². The molecule has 3 aromatic rings. The van der Waals surface area contributed by atoms with Crippen LogP contribution in [0.3, 0.4) is 0 Å². The zero-order valence-electron chi connectivity index (χ0n) is 13.7. The van der Waals surface area contributed by atoms with Crippen molar-refractivity contribution < 1.29 is 19.0 Å². The SMILES string of the molecule is CCOc1cccc(C(=O)Oc2ccc(Oc3ccccn3)cc2)c1. The highest BCUT2D eigenvalue weighted by molar-refractivity contribution is 5.91. The molecule has 0 amide bonds. The van der Waals surface area contributed by atoms with Gasteiger partial charge in [-0.25, -0.2) is 9.78 Å². The predicted octanol–water partition coefficient (Wildman–Crippen LogP) is 4.49. The van der Waals surface area contributed by atoms with Gasteiger partial charge in [-0.2, -0.15) is 0 Å². The average molecular weight is 335 g/mol. The fraction of sp³-hybridized carbons (Fsp3) is 0.100. The Morgan fingerprint density at radius 1 is 0.920 bits per heavy atom. The molecule has 1 heterocycles. The van der Waals surface area contributed by atoms with Gasteiger partial charge in [0.25, 0.3) is 0 Å². The lowest BCUT2D eigenvalue weighted by Gasteiger charge is -2.08. The van der Waals surface area contributed by atoms with Gasteiger partial charge in [0.15, 0.2) is 0 Å². The molecule has 126 valence electrons. The van der Waals surface area contributed by atoms with E-state index < -0.39 is 5.97 Å². The first-order chi connectivity index (χ1) is 12.2. The molecule has 0 radical (unpaired) electrons. The third kappa shape index (κ3) is 4.57. The molecule has 0 saturated heterocycles. The first-order valence-corrected chi connectivity index (χ1v) is 7.88. The molecule has 0 fully saturated rings. The lowest BCUT2D eigenvalue weighted by molar-refractivity contribution is 0.0734. The zero-order valence-corrected chi connectivity index (χ0v) is 13.7. The van der Waals surface area contributed by atoms with E-state index in [0.29, 0.717) is 35.3 Å². The van der Waals surface area contributed by atoms with Crippen molar-refractivity contribution in [1.29, 1.82) is 0 Å². The molecule has 5 heteroatoms. The maximum atomic E-state index is 12.2. The quantitative estimate of drug-likeness (QED) is 0.490. The summed E-state index contributed by atoms with van der Waals surface area (Å²) in [4.78, 5) is 16.3. The Bertz CT molecular complexity index is 832. The Morgan fingerprint density at radius 3 is 2.44 bits per heavy atom. The molecule has 0 bridgehead atoms. The first-order valence-electron chi connectivity index (χ1n) is 7.88. The summed E-state index contributed by atoms with van der Waals surface area (Å²) in [6, 6.07) is 19.1. The van der Waals surface area contributed by atoms with Crippen LogP contribution in [0, 0.1) is 0 Å². The molecule has 0 atom stereocenters. The van der Waals surface area contributed by atoms with Gasteiger partial charge in [0.2, 0.25) is 5.88 Å². The molecule has 3 rings (SSSR count). The number of hydrogen-bond acceptors (Lipinski definition) is 5. The van der Waals surface area contributed by atoms with Gasteiger partial charge in [-0.3, -0.25) is 0 Å². The van der Waals surface area contributed by atoms with E-state index in [0.717, 1.165) is 0 Å². The van der Waals surface area contributed by atoms with Crippen molar-refractivity contribution in [2.24, 2.45) is 0 Å². The van der Waals surface area contributed by atoms with Crippen LogP contribution in [-0.2, 0) is 0 Å². The van der Waals surface area contributed by atoms with Crippen LogP contribution < -0.4 is 14.2 Å². The smallest absolute Gasteiger partial charge is 0.343 e. The fourth-order valence-electron chi connectivity index (χ4n) is 2.15. The van der Waals surface area contributed by atoms with Gasteiger partial charge in [0, 0.05) is 12.3 Å². The van der Waals surface area contributed by atoms with Gasteiger partial charge < -0.3 is 14.2 Å². The second kappa shape index (κ2) is 7.97. The lowest BCUT2D eigenvalue weighted by atomic mass is 10.2.